The highest BCUT2D eigenvalue weighted by molar-refractivity contribution is 7.26. The van der Waals surface area contributed by atoms with Crippen molar-refractivity contribution in [1.29, 1.82) is 0 Å². The number of hydrogen-bond acceptors (Lipinski definition) is 5. The molecular formula is C57H35N3S2. The maximum absolute atomic E-state index is 5.30. The van der Waals surface area contributed by atoms with Crippen LogP contribution in [0.15, 0.2) is 212 Å². The molecular weight excluding hydrogens is 791 g/mol. The summed E-state index contributed by atoms with van der Waals surface area (Å²) in [6.07, 6.45) is 0. The fraction of sp³-hybridized carbons (Fsp3) is 0. The van der Waals surface area contributed by atoms with Gasteiger partial charge in [0.2, 0.25) is 0 Å². The quantitative estimate of drug-likeness (QED) is 0.161. The summed E-state index contributed by atoms with van der Waals surface area (Å²) < 4.78 is 4.95. The Morgan fingerprint density at radius 2 is 0.581 bits per heavy atom. The Morgan fingerprint density at radius 1 is 0.242 bits per heavy atom. The molecule has 5 heteroatoms. The molecule has 3 nitrogen and oxygen atoms in total. The van der Waals surface area contributed by atoms with Crippen LogP contribution < -0.4 is 0 Å². The summed E-state index contributed by atoms with van der Waals surface area (Å²) in [4.78, 5) is 15.7. The van der Waals surface area contributed by atoms with Crippen molar-refractivity contribution in [2.45, 2.75) is 0 Å². The molecule has 0 aliphatic heterocycles. The van der Waals surface area contributed by atoms with Gasteiger partial charge in [-0.1, -0.05) is 152 Å². The summed E-state index contributed by atoms with van der Waals surface area (Å²) in [7, 11) is 0. The van der Waals surface area contributed by atoms with Crippen LogP contribution in [0.1, 0.15) is 0 Å². The maximum Gasteiger partial charge on any atom is 0.164 e. The van der Waals surface area contributed by atoms with Crippen LogP contribution in [0, 0.1) is 0 Å². The summed E-state index contributed by atoms with van der Waals surface area (Å²) in [5.41, 5.74) is 12.5. The second-order valence-corrected chi connectivity index (χ2v) is 17.7. The number of hydrogen-bond donors (Lipinski definition) is 0. The fourth-order valence-electron chi connectivity index (χ4n) is 8.73. The molecule has 12 rings (SSSR count). The van der Waals surface area contributed by atoms with Gasteiger partial charge in [0.05, 0.1) is 0 Å². The van der Waals surface area contributed by atoms with Crippen molar-refractivity contribution in [3.63, 3.8) is 0 Å². The van der Waals surface area contributed by atoms with Gasteiger partial charge in [0.15, 0.2) is 17.5 Å². The lowest BCUT2D eigenvalue weighted by Gasteiger charge is -2.11. The van der Waals surface area contributed by atoms with Gasteiger partial charge < -0.3 is 0 Å². The van der Waals surface area contributed by atoms with E-state index >= 15 is 0 Å². The molecule has 0 spiro atoms. The van der Waals surface area contributed by atoms with Crippen molar-refractivity contribution in [1.82, 2.24) is 15.0 Å². The van der Waals surface area contributed by atoms with Crippen molar-refractivity contribution in [3.8, 4) is 78.7 Å². The molecule has 0 aliphatic rings. The van der Waals surface area contributed by atoms with Gasteiger partial charge in [0.1, 0.15) is 0 Å². The van der Waals surface area contributed by atoms with Gasteiger partial charge in [0.25, 0.3) is 0 Å². The van der Waals surface area contributed by atoms with Gasteiger partial charge in [-0.25, -0.2) is 15.0 Å². The zero-order valence-electron chi connectivity index (χ0n) is 33.4. The van der Waals surface area contributed by atoms with Gasteiger partial charge in [-0.05, 0) is 105 Å². The number of aromatic nitrogens is 3. The van der Waals surface area contributed by atoms with Crippen LogP contribution in [-0.2, 0) is 0 Å². The Bertz CT molecular complexity index is 3380. The molecule has 3 aromatic heterocycles. The highest BCUT2D eigenvalue weighted by Crippen LogP contribution is 2.46. The van der Waals surface area contributed by atoms with Crippen LogP contribution >= 0.6 is 22.7 Å². The topological polar surface area (TPSA) is 38.7 Å². The van der Waals surface area contributed by atoms with E-state index in [0.717, 1.165) is 16.7 Å². The van der Waals surface area contributed by atoms with E-state index in [1.165, 1.54) is 84.9 Å². The van der Waals surface area contributed by atoms with Gasteiger partial charge in [-0.2, -0.15) is 0 Å². The highest BCUT2D eigenvalue weighted by atomic mass is 32.1. The zero-order valence-corrected chi connectivity index (χ0v) is 35.0. The number of thiophene rings is 2. The van der Waals surface area contributed by atoms with Crippen molar-refractivity contribution in [3.05, 3.63) is 212 Å². The fourth-order valence-corrected chi connectivity index (χ4v) is 11.0. The van der Waals surface area contributed by atoms with Crippen LogP contribution in [0.5, 0.6) is 0 Å². The monoisotopic (exact) mass is 825 g/mol. The summed E-state index contributed by atoms with van der Waals surface area (Å²) in [5.74, 6) is 1.93. The van der Waals surface area contributed by atoms with E-state index in [1.54, 1.807) is 0 Å². The van der Waals surface area contributed by atoms with E-state index in [2.05, 4.69) is 194 Å². The average Bonchev–Trinajstić information content (AvgIpc) is 3.92. The maximum atomic E-state index is 5.30. The minimum atomic E-state index is 0.644. The molecule has 62 heavy (non-hydrogen) atoms. The smallest absolute Gasteiger partial charge is 0.164 e. The van der Waals surface area contributed by atoms with E-state index < -0.39 is 0 Å². The first-order chi connectivity index (χ1) is 30.7. The second kappa shape index (κ2) is 15.2. The van der Waals surface area contributed by atoms with Gasteiger partial charge in [-0.3, -0.25) is 0 Å². The molecule has 0 N–H and O–H groups in total. The molecule has 9 aromatic carbocycles. The van der Waals surface area contributed by atoms with E-state index in [1.807, 2.05) is 40.9 Å². The van der Waals surface area contributed by atoms with Crippen LogP contribution in [0.2, 0.25) is 0 Å². The van der Waals surface area contributed by atoms with E-state index in [0.29, 0.717) is 17.5 Å². The Labute approximate surface area is 366 Å². The SMILES string of the molecule is c1ccc(-c2cc(-c3ccccc3)c3c(c2)sc2ccc(-c4nc(-c5ccccc5)nc(-c5ccc6sc7cc(-c8ccccc8)cc(-c8ccccc8)c7c6c5)n4)cc23)cc1. The summed E-state index contributed by atoms with van der Waals surface area (Å²) in [5, 5.41) is 4.88. The third-order valence-corrected chi connectivity index (χ3v) is 13.9. The lowest BCUT2D eigenvalue weighted by Crippen LogP contribution is -2.00. The predicted octanol–water partition coefficient (Wildman–Crippen LogP) is 16.3. The molecule has 0 unspecified atom stereocenters. The Kier molecular flexibility index (Phi) is 8.87. The Morgan fingerprint density at radius 3 is 0.968 bits per heavy atom. The summed E-state index contributed by atoms with van der Waals surface area (Å²) >= 11 is 3.67. The number of rotatable bonds is 7. The van der Waals surface area contributed by atoms with Crippen molar-refractivity contribution in [2.75, 3.05) is 0 Å². The van der Waals surface area contributed by atoms with Crippen LogP contribution in [-0.4, -0.2) is 15.0 Å². The van der Waals surface area contributed by atoms with Crippen molar-refractivity contribution in [2.24, 2.45) is 0 Å². The third kappa shape index (κ3) is 6.47. The minimum Gasteiger partial charge on any atom is -0.208 e. The van der Waals surface area contributed by atoms with Crippen molar-refractivity contribution < 1.29 is 0 Å². The molecule has 0 amide bonds. The molecule has 12 aromatic rings. The molecule has 0 aliphatic carbocycles. The molecule has 0 fully saturated rings. The molecule has 0 bridgehead atoms. The largest absolute Gasteiger partial charge is 0.208 e. The normalized spacial score (nSPS) is 11.5. The first-order valence-electron chi connectivity index (χ1n) is 20.7. The number of nitrogens with zero attached hydrogens (tertiary/aromatic N) is 3. The first-order valence-corrected chi connectivity index (χ1v) is 22.4. The minimum absolute atomic E-state index is 0.644. The summed E-state index contributed by atoms with van der Waals surface area (Å²) in [6, 6.07) is 75.8. The first kappa shape index (κ1) is 36.3. The second-order valence-electron chi connectivity index (χ2n) is 15.6. The Balaban J connectivity index is 1.05. The number of fused-ring (bicyclic) bond motifs is 6. The van der Waals surface area contributed by atoms with Crippen LogP contribution in [0.25, 0.3) is 119 Å². The Hall–Kier alpha value is -7.57. The highest BCUT2D eigenvalue weighted by Gasteiger charge is 2.19. The molecule has 0 radical (unpaired) electrons. The van der Waals surface area contributed by atoms with Crippen LogP contribution in [0.3, 0.4) is 0 Å². The zero-order chi connectivity index (χ0) is 41.0. The number of benzene rings is 9. The third-order valence-electron chi connectivity index (χ3n) is 11.7. The molecule has 0 saturated heterocycles. The van der Waals surface area contributed by atoms with Gasteiger partial charge >= 0.3 is 0 Å². The standard InChI is InChI=1S/C57H35N3S2/c1-6-16-36(17-7-1)43-32-45(38-20-10-3-11-21-38)53-47-30-41(26-28-49(47)61-51(53)34-43)56-58-55(40-24-14-5-15-25-40)59-57(60-56)42-27-29-50-48(31-42)54-46(39-22-12-4-13-23-39)33-44(35-52(54)62-50)37-18-8-2-9-19-37/h1-35H. The lowest BCUT2D eigenvalue weighted by molar-refractivity contribution is 1.08. The van der Waals surface area contributed by atoms with E-state index in [9.17, 15) is 0 Å². The molecule has 3 heterocycles. The predicted molar refractivity (Wildman–Crippen MR) is 264 cm³/mol. The van der Waals surface area contributed by atoms with Gasteiger partial charge in [0, 0.05) is 57.0 Å². The van der Waals surface area contributed by atoms with Gasteiger partial charge in [-0.15, -0.1) is 22.7 Å². The summed E-state index contributed by atoms with van der Waals surface area (Å²) in [6.45, 7) is 0. The molecule has 0 saturated carbocycles. The molecule has 290 valence electrons. The van der Waals surface area contributed by atoms with Crippen molar-refractivity contribution >= 4 is 63.0 Å². The van der Waals surface area contributed by atoms with Crippen LogP contribution in [0.4, 0.5) is 0 Å². The molecule has 0 atom stereocenters. The lowest BCUT2D eigenvalue weighted by atomic mass is 9.94. The average molecular weight is 826 g/mol. The van der Waals surface area contributed by atoms with E-state index in [-0.39, 0.29) is 0 Å². The van der Waals surface area contributed by atoms with E-state index in [4.69, 9.17) is 15.0 Å².